The molecule has 0 aliphatic rings. The van der Waals surface area contributed by atoms with Crippen LogP contribution in [-0.2, 0) is 10.2 Å². The monoisotopic (exact) mass is 252 g/mol. The van der Waals surface area contributed by atoms with E-state index >= 15 is 0 Å². The Balaban J connectivity index is 2.52. The second-order valence-electron chi connectivity index (χ2n) is 5.72. The number of anilines is 1. The Kier molecular flexibility index (Phi) is 4.90. The quantitative estimate of drug-likeness (QED) is 0.751. The van der Waals surface area contributed by atoms with Gasteiger partial charge in [-0.1, -0.05) is 34.1 Å². The van der Waals surface area contributed by atoms with Gasteiger partial charge in [0.1, 0.15) is 0 Å². The van der Waals surface area contributed by atoms with Gasteiger partial charge in [-0.25, -0.2) is 0 Å². The highest BCUT2D eigenvalue weighted by Gasteiger charge is 2.17. The van der Waals surface area contributed by atoms with E-state index in [1.165, 1.54) is 0 Å². The minimum atomic E-state index is -0.0806. The molecule has 18 heavy (non-hydrogen) atoms. The number of rotatable bonds is 5. The van der Waals surface area contributed by atoms with Gasteiger partial charge in [0.05, 0.1) is 0 Å². The van der Waals surface area contributed by atoms with Gasteiger partial charge in [0.25, 0.3) is 0 Å². The summed E-state index contributed by atoms with van der Waals surface area (Å²) in [7, 11) is 0. The van der Waals surface area contributed by atoms with Gasteiger partial charge in [-0.05, 0) is 6.42 Å². The van der Waals surface area contributed by atoms with Gasteiger partial charge < -0.3 is 11.1 Å². The van der Waals surface area contributed by atoms with Gasteiger partial charge >= 0.3 is 0 Å². The zero-order valence-corrected chi connectivity index (χ0v) is 11.7. The SMILES string of the molecule is CCCC(N)CC(=O)Nc1cc(C(C)(C)C)[nH]n1. The lowest BCUT2D eigenvalue weighted by Gasteiger charge is -2.14. The molecule has 0 radical (unpaired) electrons. The van der Waals surface area contributed by atoms with Crippen LogP contribution in [0.25, 0.3) is 0 Å². The van der Waals surface area contributed by atoms with E-state index < -0.39 is 0 Å². The fourth-order valence-corrected chi connectivity index (χ4v) is 1.67. The second kappa shape index (κ2) is 6.00. The Hall–Kier alpha value is -1.36. The van der Waals surface area contributed by atoms with Crippen LogP contribution in [0.4, 0.5) is 5.82 Å². The first-order valence-corrected chi connectivity index (χ1v) is 6.44. The fraction of sp³-hybridized carbons (Fsp3) is 0.692. The Labute approximate surface area is 109 Å². The van der Waals surface area contributed by atoms with Gasteiger partial charge in [-0.15, -0.1) is 0 Å². The molecule has 0 saturated heterocycles. The average Bonchev–Trinajstić information content (AvgIpc) is 2.65. The molecule has 1 heterocycles. The Bertz CT molecular complexity index is 392. The molecule has 1 amide bonds. The van der Waals surface area contributed by atoms with E-state index in [1.807, 2.05) is 6.07 Å². The van der Waals surface area contributed by atoms with Crippen molar-refractivity contribution in [2.75, 3.05) is 5.32 Å². The smallest absolute Gasteiger partial charge is 0.227 e. The van der Waals surface area contributed by atoms with Crippen LogP contribution in [0.5, 0.6) is 0 Å². The molecule has 0 aliphatic carbocycles. The summed E-state index contributed by atoms with van der Waals surface area (Å²) < 4.78 is 0. The summed E-state index contributed by atoms with van der Waals surface area (Å²) in [6, 6.07) is 1.79. The summed E-state index contributed by atoms with van der Waals surface area (Å²) in [5.41, 5.74) is 6.81. The second-order valence-corrected chi connectivity index (χ2v) is 5.72. The van der Waals surface area contributed by atoms with Crippen molar-refractivity contribution in [3.8, 4) is 0 Å². The highest BCUT2D eigenvalue weighted by atomic mass is 16.1. The fourth-order valence-electron chi connectivity index (χ4n) is 1.67. The molecule has 5 heteroatoms. The Morgan fingerprint density at radius 2 is 2.22 bits per heavy atom. The molecule has 102 valence electrons. The number of nitrogens with one attached hydrogen (secondary N) is 2. The number of carbonyl (C=O) groups is 1. The predicted octanol–water partition coefficient (Wildman–Crippen LogP) is 2.16. The summed E-state index contributed by atoms with van der Waals surface area (Å²) in [6.07, 6.45) is 2.19. The van der Waals surface area contributed by atoms with E-state index in [0.29, 0.717) is 12.2 Å². The van der Waals surface area contributed by atoms with Crippen LogP contribution in [-0.4, -0.2) is 22.1 Å². The number of hydrogen-bond donors (Lipinski definition) is 3. The molecule has 5 nitrogen and oxygen atoms in total. The Morgan fingerprint density at radius 3 is 2.72 bits per heavy atom. The first kappa shape index (κ1) is 14.7. The molecule has 0 spiro atoms. The zero-order valence-electron chi connectivity index (χ0n) is 11.7. The van der Waals surface area contributed by atoms with Crippen LogP contribution in [0.3, 0.4) is 0 Å². The lowest BCUT2D eigenvalue weighted by molar-refractivity contribution is -0.116. The van der Waals surface area contributed by atoms with Crippen molar-refractivity contribution < 1.29 is 4.79 Å². The standard InChI is InChI=1S/C13H24N4O/c1-5-6-9(14)7-12(18)15-11-8-10(16-17-11)13(2,3)4/h8-9H,5-7,14H2,1-4H3,(H2,15,16,17,18). The van der Waals surface area contributed by atoms with Crippen molar-refractivity contribution in [1.29, 1.82) is 0 Å². The molecule has 0 aromatic carbocycles. The maximum Gasteiger partial charge on any atom is 0.227 e. The summed E-state index contributed by atoms with van der Waals surface area (Å²) in [4.78, 5) is 11.7. The van der Waals surface area contributed by atoms with E-state index in [1.54, 1.807) is 0 Å². The van der Waals surface area contributed by atoms with Gasteiger partial charge in [0.15, 0.2) is 5.82 Å². The summed E-state index contributed by atoms with van der Waals surface area (Å²) >= 11 is 0. The maximum absolute atomic E-state index is 11.7. The molecule has 1 rings (SSSR count). The van der Waals surface area contributed by atoms with E-state index in [4.69, 9.17) is 5.73 Å². The third kappa shape index (κ3) is 4.49. The first-order valence-electron chi connectivity index (χ1n) is 6.44. The van der Waals surface area contributed by atoms with Gasteiger partial charge in [-0.3, -0.25) is 9.89 Å². The Morgan fingerprint density at radius 1 is 1.56 bits per heavy atom. The molecule has 0 fully saturated rings. The van der Waals surface area contributed by atoms with Crippen LogP contribution < -0.4 is 11.1 Å². The minimum Gasteiger partial charge on any atom is -0.327 e. The number of aromatic nitrogens is 2. The van der Waals surface area contributed by atoms with E-state index in [-0.39, 0.29) is 17.4 Å². The molecule has 1 unspecified atom stereocenters. The van der Waals surface area contributed by atoms with Crippen molar-refractivity contribution in [3.63, 3.8) is 0 Å². The molecule has 4 N–H and O–H groups in total. The lowest BCUT2D eigenvalue weighted by atomic mass is 9.92. The van der Waals surface area contributed by atoms with E-state index in [2.05, 4.69) is 43.2 Å². The van der Waals surface area contributed by atoms with Crippen LogP contribution in [0.1, 0.15) is 52.7 Å². The molecule has 1 aromatic heterocycles. The number of aromatic amines is 1. The average molecular weight is 252 g/mol. The maximum atomic E-state index is 11.7. The number of carbonyl (C=O) groups excluding carboxylic acids is 1. The summed E-state index contributed by atoms with van der Waals surface area (Å²) in [6.45, 7) is 8.32. The molecule has 0 bridgehead atoms. The summed E-state index contributed by atoms with van der Waals surface area (Å²) in [5, 5.41) is 9.77. The van der Waals surface area contributed by atoms with Crippen LogP contribution >= 0.6 is 0 Å². The predicted molar refractivity (Wildman–Crippen MR) is 73.4 cm³/mol. The molecule has 0 saturated carbocycles. The normalized spacial score (nSPS) is 13.4. The first-order chi connectivity index (χ1) is 8.32. The van der Waals surface area contributed by atoms with Crippen LogP contribution in [0, 0.1) is 0 Å². The number of hydrogen-bond acceptors (Lipinski definition) is 3. The van der Waals surface area contributed by atoms with Crippen molar-refractivity contribution in [1.82, 2.24) is 10.2 Å². The molecule has 1 aromatic rings. The third-order valence-electron chi connectivity index (χ3n) is 2.76. The van der Waals surface area contributed by atoms with Gasteiger partial charge in [0, 0.05) is 29.6 Å². The van der Waals surface area contributed by atoms with Crippen molar-refractivity contribution in [2.45, 2.75) is 58.4 Å². The third-order valence-corrected chi connectivity index (χ3v) is 2.76. The molecule has 1 atom stereocenters. The minimum absolute atomic E-state index is 0.00537. The van der Waals surface area contributed by atoms with Crippen molar-refractivity contribution >= 4 is 11.7 Å². The number of nitrogens with zero attached hydrogens (tertiary/aromatic N) is 1. The number of amides is 1. The van der Waals surface area contributed by atoms with E-state index in [0.717, 1.165) is 18.5 Å². The van der Waals surface area contributed by atoms with Crippen molar-refractivity contribution in [2.24, 2.45) is 5.73 Å². The molecular weight excluding hydrogens is 228 g/mol. The van der Waals surface area contributed by atoms with Gasteiger partial charge in [-0.2, -0.15) is 5.10 Å². The zero-order chi connectivity index (χ0) is 13.8. The summed E-state index contributed by atoms with van der Waals surface area (Å²) in [5.74, 6) is 0.483. The highest BCUT2D eigenvalue weighted by Crippen LogP contribution is 2.21. The topological polar surface area (TPSA) is 83.8 Å². The molecule has 0 aliphatic heterocycles. The van der Waals surface area contributed by atoms with E-state index in [9.17, 15) is 4.79 Å². The lowest BCUT2D eigenvalue weighted by Crippen LogP contribution is -2.26. The van der Waals surface area contributed by atoms with Crippen LogP contribution in [0.15, 0.2) is 6.07 Å². The van der Waals surface area contributed by atoms with Crippen LogP contribution in [0.2, 0.25) is 0 Å². The number of H-pyrrole nitrogens is 1. The van der Waals surface area contributed by atoms with Crippen molar-refractivity contribution in [3.05, 3.63) is 11.8 Å². The highest BCUT2D eigenvalue weighted by molar-refractivity contribution is 5.90. The molecular formula is C13H24N4O. The van der Waals surface area contributed by atoms with Gasteiger partial charge in [0.2, 0.25) is 5.91 Å². The largest absolute Gasteiger partial charge is 0.327 e. The number of nitrogens with two attached hydrogens (primary N) is 1.